The molecular weight excluding hydrogens is 244 g/mol. The summed E-state index contributed by atoms with van der Waals surface area (Å²) in [4.78, 5) is 0. The van der Waals surface area contributed by atoms with Crippen LogP contribution < -0.4 is 0 Å². The maximum absolute atomic E-state index is 5.33. The van der Waals surface area contributed by atoms with Gasteiger partial charge < -0.3 is 4.74 Å². The standard InChI is InChI=1S/C19H38O/c1-3-5-6-7-8-9-10-11-12-13-14-15-16-17-18-19-20-4-2/h12-13H,3-11,14-19H2,1-2H3. The lowest BCUT2D eigenvalue weighted by atomic mass is 10.1. The summed E-state index contributed by atoms with van der Waals surface area (Å²) in [6, 6.07) is 0. The zero-order valence-corrected chi connectivity index (χ0v) is 14.2. The Morgan fingerprint density at radius 2 is 1.10 bits per heavy atom. The summed E-state index contributed by atoms with van der Waals surface area (Å²) >= 11 is 0. The summed E-state index contributed by atoms with van der Waals surface area (Å²) < 4.78 is 5.33. The van der Waals surface area contributed by atoms with Crippen molar-refractivity contribution in [1.82, 2.24) is 0 Å². The fraction of sp³-hybridized carbons (Fsp3) is 0.895. The van der Waals surface area contributed by atoms with Gasteiger partial charge in [0.25, 0.3) is 0 Å². The van der Waals surface area contributed by atoms with Gasteiger partial charge in [-0.3, -0.25) is 0 Å². The van der Waals surface area contributed by atoms with E-state index in [0.29, 0.717) is 0 Å². The van der Waals surface area contributed by atoms with E-state index in [4.69, 9.17) is 4.74 Å². The molecule has 0 saturated heterocycles. The highest BCUT2D eigenvalue weighted by atomic mass is 16.5. The van der Waals surface area contributed by atoms with Crippen molar-refractivity contribution >= 4 is 0 Å². The summed E-state index contributed by atoms with van der Waals surface area (Å²) in [5.41, 5.74) is 0. The van der Waals surface area contributed by atoms with Crippen molar-refractivity contribution in [3.8, 4) is 0 Å². The fourth-order valence-electron chi connectivity index (χ4n) is 2.42. The number of unbranched alkanes of at least 4 members (excludes halogenated alkanes) is 11. The molecule has 0 aliphatic rings. The zero-order valence-electron chi connectivity index (χ0n) is 14.2. The highest BCUT2D eigenvalue weighted by Gasteiger charge is 1.90. The second kappa shape index (κ2) is 18.7. The maximum Gasteiger partial charge on any atom is 0.0465 e. The van der Waals surface area contributed by atoms with Gasteiger partial charge in [-0.15, -0.1) is 0 Å². The van der Waals surface area contributed by atoms with E-state index in [1.54, 1.807) is 0 Å². The van der Waals surface area contributed by atoms with E-state index in [1.807, 2.05) is 0 Å². The molecular formula is C19H38O. The lowest BCUT2D eigenvalue weighted by Gasteiger charge is -2.00. The fourth-order valence-corrected chi connectivity index (χ4v) is 2.42. The van der Waals surface area contributed by atoms with Crippen LogP contribution in [-0.2, 0) is 4.74 Å². The van der Waals surface area contributed by atoms with Crippen LogP contribution in [0.5, 0.6) is 0 Å². The van der Waals surface area contributed by atoms with Gasteiger partial charge in [0.05, 0.1) is 0 Å². The Bertz CT molecular complexity index is 166. The average molecular weight is 283 g/mol. The molecule has 0 aliphatic carbocycles. The summed E-state index contributed by atoms with van der Waals surface area (Å²) in [7, 11) is 0. The minimum Gasteiger partial charge on any atom is -0.382 e. The molecule has 1 nitrogen and oxygen atoms in total. The molecule has 1 heteroatoms. The third-order valence-corrected chi connectivity index (χ3v) is 3.75. The van der Waals surface area contributed by atoms with E-state index in [9.17, 15) is 0 Å². The van der Waals surface area contributed by atoms with Crippen LogP contribution in [-0.4, -0.2) is 13.2 Å². The van der Waals surface area contributed by atoms with E-state index in [2.05, 4.69) is 26.0 Å². The summed E-state index contributed by atoms with van der Waals surface area (Å²) in [5, 5.41) is 0. The molecule has 0 aromatic heterocycles. The largest absolute Gasteiger partial charge is 0.382 e. The third kappa shape index (κ3) is 17.7. The van der Waals surface area contributed by atoms with Crippen molar-refractivity contribution in [2.75, 3.05) is 13.2 Å². The number of hydrogen-bond donors (Lipinski definition) is 0. The second-order valence-corrected chi connectivity index (χ2v) is 5.78. The zero-order chi connectivity index (χ0) is 14.7. The molecule has 0 radical (unpaired) electrons. The molecule has 120 valence electrons. The Labute approximate surface area is 128 Å². The number of hydrogen-bond acceptors (Lipinski definition) is 1. The highest BCUT2D eigenvalue weighted by molar-refractivity contribution is 4.81. The van der Waals surface area contributed by atoms with Gasteiger partial charge in [0, 0.05) is 13.2 Å². The maximum atomic E-state index is 5.33. The van der Waals surface area contributed by atoms with Crippen molar-refractivity contribution < 1.29 is 4.74 Å². The van der Waals surface area contributed by atoms with Gasteiger partial charge in [0.2, 0.25) is 0 Å². The number of allylic oxidation sites excluding steroid dienone is 2. The first-order valence-electron chi connectivity index (χ1n) is 9.14. The van der Waals surface area contributed by atoms with Gasteiger partial charge in [-0.2, -0.15) is 0 Å². The molecule has 0 aromatic carbocycles. The number of ether oxygens (including phenoxy) is 1. The van der Waals surface area contributed by atoms with Crippen LogP contribution >= 0.6 is 0 Å². The Morgan fingerprint density at radius 3 is 1.65 bits per heavy atom. The molecule has 0 aliphatic heterocycles. The molecule has 0 amide bonds. The molecule has 0 saturated carbocycles. The molecule has 0 rings (SSSR count). The van der Waals surface area contributed by atoms with Gasteiger partial charge in [0.1, 0.15) is 0 Å². The van der Waals surface area contributed by atoms with E-state index in [0.717, 1.165) is 13.2 Å². The SMILES string of the molecule is CCCCCCCCCC=CCCCCCCOCC. The monoisotopic (exact) mass is 282 g/mol. The van der Waals surface area contributed by atoms with E-state index in [1.165, 1.54) is 83.5 Å². The van der Waals surface area contributed by atoms with Gasteiger partial charge in [-0.25, -0.2) is 0 Å². The van der Waals surface area contributed by atoms with Crippen LogP contribution in [0.15, 0.2) is 12.2 Å². The molecule has 0 aromatic rings. The molecule has 20 heavy (non-hydrogen) atoms. The quantitative estimate of drug-likeness (QED) is 0.227. The Morgan fingerprint density at radius 1 is 0.600 bits per heavy atom. The second-order valence-electron chi connectivity index (χ2n) is 5.78. The summed E-state index contributed by atoms with van der Waals surface area (Å²) in [6.07, 6.45) is 22.5. The third-order valence-electron chi connectivity index (χ3n) is 3.75. The normalized spacial score (nSPS) is 11.5. The van der Waals surface area contributed by atoms with E-state index < -0.39 is 0 Å². The lowest BCUT2D eigenvalue weighted by Crippen LogP contribution is -1.92. The van der Waals surface area contributed by atoms with Crippen molar-refractivity contribution in [2.45, 2.75) is 97.3 Å². The molecule has 0 heterocycles. The smallest absolute Gasteiger partial charge is 0.0465 e. The average Bonchev–Trinajstić information content (AvgIpc) is 2.47. The molecule has 0 N–H and O–H groups in total. The van der Waals surface area contributed by atoms with Crippen LogP contribution in [0, 0.1) is 0 Å². The topological polar surface area (TPSA) is 9.23 Å². The van der Waals surface area contributed by atoms with Gasteiger partial charge >= 0.3 is 0 Å². The lowest BCUT2D eigenvalue weighted by molar-refractivity contribution is 0.143. The van der Waals surface area contributed by atoms with Gasteiger partial charge in [-0.1, -0.05) is 70.4 Å². The first-order valence-corrected chi connectivity index (χ1v) is 9.14. The van der Waals surface area contributed by atoms with E-state index in [-0.39, 0.29) is 0 Å². The van der Waals surface area contributed by atoms with E-state index >= 15 is 0 Å². The summed E-state index contributed by atoms with van der Waals surface area (Å²) in [5.74, 6) is 0. The summed E-state index contributed by atoms with van der Waals surface area (Å²) in [6.45, 7) is 6.16. The van der Waals surface area contributed by atoms with Crippen molar-refractivity contribution in [3.05, 3.63) is 12.2 Å². The predicted molar refractivity (Wildman–Crippen MR) is 91.3 cm³/mol. The molecule has 0 bridgehead atoms. The van der Waals surface area contributed by atoms with Crippen molar-refractivity contribution in [1.29, 1.82) is 0 Å². The first-order chi connectivity index (χ1) is 9.91. The van der Waals surface area contributed by atoms with Gasteiger partial charge in [0.15, 0.2) is 0 Å². The molecule has 0 spiro atoms. The van der Waals surface area contributed by atoms with Crippen molar-refractivity contribution in [3.63, 3.8) is 0 Å². The number of rotatable bonds is 16. The van der Waals surface area contributed by atoms with Crippen LogP contribution in [0.4, 0.5) is 0 Å². The van der Waals surface area contributed by atoms with Crippen molar-refractivity contribution in [2.24, 2.45) is 0 Å². The molecule has 0 fully saturated rings. The van der Waals surface area contributed by atoms with Crippen LogP contribution in [0.1, 0.15) is 97.3 Å². The Hall–Kier alpha value is -0.300. The molecule has 0 atom stereocenters. The van der Waals surface area contributed by atoms with Crippen LogP contribution in [0.3, 0.4) is 0 Å². The predicted octanol–water partition coefficient (Wildman–Crippen LogP) is 6.67. The van der Waals surface area contributed by atoms with Gasteiger partial charge in [-0.05, 0) is 39.0 Å². The Balaban J connectivity index is 3.01. The minimum absolute atomic E-state index is 0.862. The van der Waals surface area contributed by atoms with Crippen LogP contribution in [0.2, 0.25) is 0 Å². The minimum atomic E-state index is 0.862. The highest BCUT2D eigenvalue weighted by Crippen LogP contribution is 2.09. The first kappa shape index (κ1) is 19.7. The molecule has 0 unspecified atom stereocenters. The Kier molecular flexibility index (Phi) is 18.4. The van der Waals surface area contributed by atoms with Crippen LogP contribution in [0.25, 0.3) is 0 Å².